The second-order valence-electron chi connectivity index (χ2n) is 7.66. The lowest BCUT2D eigenvalue weighted by Crippen LogP contribution is -2.41. The van der Waals surface area contributed by atoms with Crippen molar-refractivity contribution >= 4 is 23.2 Å². The van der Waals surface area contributed by atoms with E-state index in [-0.39, 0.29) is 29.7 Å². The molecule has 0 unspecified atom stereocenters. The smallest absolute Gasteiger partial charge is 0.330 e. The van der Waals surface area contributed by atoms with Crippen LogP contribution < -0.4 is 21.9 Å². The number of fused-ring (bicyclic) bond motifs is 1. The van der Waals surface area contributed by atoms with E-state index >= 15 is 0 Å². The zero-order chi connectivity index (χ0) is 23.7. The number of furan rings is 1. The molecular formula is C21H24N8O4. The Morgan fingerprint density at radius 2 is 2.06 bits per heavy atom. The Labute approximate surface area is 187 Å². The molecule has 3 N–H and O–H groups in total. The summed E-state index contributed by atoms with van der Waals surface area (Å²) in [6.45, 7) is 5.77. The molecule has 0 atom stereocenters. The van der Waals surface area contributed by atoms with Crippen LogP contribution in [0.4, 0.5) is 11.5 Å². The number of aromatic amines is 1. The van der Waals surface area contributed by atoms with Crippen molar-refractivity contribution < 1.29 is 9.21 Å². The first kappa shape index (κ1) is 22.0. The molecule has 12 heteroatoms. The number of nitrogen functional groups attached to an aromatic ring is 1. The van der Waals surface area contributed by atoms with Crippen LogP contribution in [-0.2, 0) is 13.1 Å². The molecule has 0 aliphatic rings. The summed E-state index contributed by atoms with van der Waals surface area (Å²) in [4.78, 5) is 50.7. The van der Waals surface area contributed by atoms with E-state index in [1.165, 1.54) is 15.3 Å². The molecule has 1 amide bonds. The lowest BCUT2D eigenvalue weighted by atomic mass is 10.3. The second kappa shape index (κ2) is 8.73. The number of aryl methyl sites for hydroxylation is 2. The zero-order valence-corrected chi connectivity index (χ0v) is 18.5. The second-order valence-corrected chi connectivity index (χ2v) is 7.66. The highest BCUT2D eigenvalue weighted by molar-refractivity contribution is 6.04. The monoisotopic (exact) mass is 452 g/mol. The number of nitrogens with one attached hydrogen (secondary N) is 1. The van der Waals surface area contributed by atoms with Crippen LogP contribution in [0.2, 0.25) is 0 Å². The maximum Gasteiger partial charge on any atom is 0.330 e. The van der Waals surface area contributed by atoms with Gasteiger partial charge < -0.3 is 10.2 Å². The van der Waals surface area contributed by atoms with Gasteiger partial charge in [-0.15, -0.1) is 5.10 Å². The summed E-state index contributed by atoms with van der Waals surface area (Å²) in [7, 11) is 0. The molecule has 0 fully saturated rings. The third-order valence-corrected chi connectivity index (χ3v) is 5.17. The average Bonchev–Trinajstić information content (AvgIpc) is 3.42. The number of carbonyl (C=O) groups is 1. The van der Waals surface area contributed by atoms with Crippen molar-refractivity contribution in [1.29, 1.82) is 0 Å². The van der Waals surface area contributed by atoms with Gasteiger partial charge in [0, 0.05) is 17.9 Å². The highest BCUT2D eigenvalue weighted by atomic mass is 16.3. The maximum absolute atomic E-state index is 13.6. The fraction of sp³-hybridized carbons (Fsp3) is 0.333. The van der Waals surface area contributed by atoms with Gasteiger partial charge in [-0.05, 0) is 38.5 Å². The van der Waals surface area contributed by atoms with Gasteiger partial charge in [0.2, 0.25) is 5.82 Å². The molecule has 33 heavy (non-hydrogen) atoms. The van der Waals surface area contributed by atoms with Crippen molar-refractivity contribution in [3.8, 4) is 0 Å². The molecule has 0 aromatic carbocycles. The normalized spacial score (nSPS) is 11.2. The lowest BCUT2D eigenvalue weighted by molar-refractivity contribution is 0.0973. The van der Waals surface area contributed by atoms with Crippen LogP contribution in [0.25, 0.3) is 5.78 Å². The first-order valence-electron chi connectivity index (χ1n) is 10.5. The molecule has 0 aliphatic heterocycles. The van der Waals surface area contributed by atoms with Gasteiger partial charge in [0.25, 0.3) is 17.2 Å². The Hall–Kier alpha value is -4.22. The summed E-state index contributed by atoms with van der Waals surface area (Å²) in [6, 6.07) is 5.12. The molecule has 12 nitrogen and oxygen atoms in total. The van der Waals surface area contributed by atoms with E-state index in [0.29, 0.717) is 18.7 Å². The highest BCUT2D eigenvalue weighted by Crippen LogP contribution is 2.22. The van der Waals surface area contributed by atoms with Gasteiger partial charge in [-0.1, -0.05) is 13.3 Å². The first-order chi connectivity index (χ1) is 15.8. The number of nitrogens with zero attached hydrogens (tertiary/aromatic N) is 6. The molecule has 4 heterocycles. The number of amides is 1. The number of carbonyl (C=O) groups excluding carboxylic acids is 1. The van der Waals surface area contributed by atoms with Gasteiger partial charge >= 0.3 is 5.69 Å². The number of hydrogen-bond donors (Lipinski definition) is 2. The van der Waals surface area contributed by atoms with Gasteiger partial charge in [0.15, 0.2) is 5.69 Å². The van der Waals surface area contributed by atoms with Crippen LogP contribution in [0.3, 0.4) is 0 Å². The molecule has 4 aromatic heterocycles. The van der Waals surface area contributed by atoms with Crippen molar-refractivity contribution in [2.45, 2.75) is 46.7 Å². The van der Waals surface area contributed by atoms with Crippen molar-refractivity contribution in [3.05, 3.63) is 68.3 Å². The Bertz CT molecular complexity index is 1430. The van der Waals surface area contributed by atoms with Crippen LogP contribution in [0.5, 0.6) is 0 Å². The average molecular weight is 452 g/mol. The predicted molar refractivity (Wildman–Crippen MR) is 120 cm³/mol. The Kier molecular flexibility index (Phi) is 5.82. The van der Waals surface area contributed by atoms with Crippen molar-refractivity contribution in [1.82, 2.24) is 29.1 Å². The van der Waals surface area contributed by atoms with Crippen molar-refractivity contribution in [2.75, 3.05) is 10.6 Å². The van der Waals surface area contributed by atoms with Crippen LogP contribution in [0, 0.1) is 13.8 Å². The third kappa shape index (κ3) is 4.14. The highest BCUT2D eigenvalue weighted by Gasteiger charge is 2.29. The number of aromatic nitrogens is 6. The molecule has 0 spiro atoms. The van der Waals surface area contributed by atoms with Crippen LogP contribution >= 0.6 is 0 Å². The summed E-state index contributed by atoms with van der Waals surface area (Å²) >= 11 is 0. The predicted octanol–water partition coefficient (Wildman–Crippen LogP) is 1.41. The minimum Gasteiger partial charge on any atom is -0.467 e. The number of H-pyrrole nitrogens is 1. The van der Waals surface area contributed by atoms with Gasteiger partial charge in [-0.3, -0.25) is 24.0 Å². The van der Waals surface area contributed by atoms with E-state index in [2.05, 4.69) is 20.1 Å². The molecular weight excluding hydrogens is 428 g/mol. The Balaban J connectivity index is 1.86. The standard InChI is InChI=1S/C21H24N8O4/c1-4-5-8-27-16(22)15(18(30)25-21(27)32)28(11-14-7-6-9-33-14)19(31)17-24-20-23-12(2)10-13(3)29(20)26-17/h6-7,9-10H,4-5,8,11,22H2,1-3H3,(H,25,30,32). The number of anilines is 2. The molecule has 0 aliphatic carbocycles. The van der Waals surface area contributed by atoms with E-state index in [0.717, 1.165) is 22.7 Å². The third-order valence-electron chi connectivity index (χ3n) is 5.17. The molecule has 4 aromatic rings. The zero-order valence-electron chi connectivity index (χ0n) is 18.5. The number of hydrogen-bond acceptors (Lipinski definition) is 8. The largest absolute Gasteiger partial charge is 0.467 e. The fourth-order valence-corrected chi connectivity index (χ4v) is 3.56. The summed E-state index contributed by atoms with van der Waals surface area (Å²) < 4.78 is 8.08. The Morgan fingerprint density at radius 1 is 1.27 bits per heavy atom. The van der Waals surface area contributed by atoms with E-state index in [1.54, 1.807) is 12.1 Å². The molecule has 0 radical (unpaired) electrons. The van der Waals surface area contributed by atoms with Gasteiger partial charge in [-0.25, -0.2) is 14.3 Å². The topological polar surface area (TPSA) is 157 Å². The van der Waals surface area contributed by atoms with E-state index in [1.807, 2.05) is 26.8 Å². The lowest BCUT2D eigenvalue weighted by Gasteiger charge is -2.22. The van der Waals surface area contributed by atoms with Crippen LogP contribution in [-0.4, -0.2) is 35.0 Å². The maximum atomic E-state index is 13.6. The molecule has 172 valence electrons. The van der Waals surface area contributed by atoms with E-state index in [4.69, 9.17) is 10.2 Å². The number of rotatable bonds is 7. The number of nitrogens with two attached hydrogens (primary N) is 1. The summed E-state index contributed by atoms with van der Waals surface area (Å²) in [5.41, 5.74) is 6.11. The molecule has 0 bridgehead atoms. The fourth-order valence-electron chi connectivity index (χ4n) is 3.56. The van der Waals surface area contributed by atoms with E-state index < -0.39 is 17.2 Å². The van der Waals surface area contributed by atoms with Crippen molar-refractivity contribution in [2.24, 2.45) is 0 Å². The SMILES string of the molecule is CCCCn1c(N)c(N(Cc2ccco2)C(=O)c2nc3nc(C)cc(C)n3n2)c(=O)[nH]c1=O. The quantitative estimate of drug-likeness (QED) is 0.426. The first-order valence-corrected chi connectivity index (χ1v) is 10.5. The minimum atomic E-state index is -0.793. The van der Waals surface area contributed by atoms with Crippen LogP contribution in [0.1, 0.15) is 47.5 Å². The molecule has 4 rings (SSSR count). The molecule has 0 saturated heterocycles. The summed E-state index contributed by atoms with van der Waals surface area (Å²) in [5, 5.41) is 4.28. The van der Waals surface area contributed by atoms with Gasteiger partial charge in [-0.2, -0.15) is 4.98 Å². The van der Waals surface area contributed by atoms with Gasteiger partial charge in [0.1, 0.15) is 11.6 Å². The van der Waals surface area contributed by atoms with Gasteiger partial charge in [0.05, 0.1) is 12.8 Å². The van der Waals surface area contributed by atoms with Crippen molar-refractivity contribution in [3.63, 3.8) is 0 Å². The van der Waals surface area contributed by atoms with E-state index in [9.17, 15) is 14.4 Å². The minimum absolute atomic E-state index is 0.119. The molecule has 0 saturated carbocycles. The number of unbranched alkanes of at least 4 members (excludes halogenated alkanes) is 1. The summed E-state index contributed by atoms with van der Waals surface area (Å²) in [5.74, 6) is -0.323. The summed E-state index contributed by atoms with van der Waals surface area (Å²) in [6.07, 6.45) is 2.93. The Morgan fingerprint density at radius 3 is 2.76 bits per heavy atom. The van der Waals surface area contributed by atoms with Crippen LogP contribution in [0.15, 0.2) is 38.5 Å².